The van der Waals surface area contributed by atoms with Gasteiger partial charge in [-0.1, -0.05) is 91.4 Å². The molecule has 0 rings (SSSR count). The quantitative estimate of drug-likeness (QED) is 0.164. The maximum Gasteiger partial charge on any atom is 0.305 e. The lowest BCUT2D eigenvalue weighted by Crippen LogP contribution is -2.21. The van der Waals surface area contributed by atoms with Crippen LogP contribution in [0.15, 0.2) is 0 Å². The van der Waals surface area contributed by atoms with Gasteiger partial charge >= 0.3 is 11.9 Å². The zero-order valence-corrected chi connectivity index (χ0v) is 18.9. The first kappa shape index (κ1) is 26.9. The minimum atomic E-state index is -0.112. The molecule has 0 saturated carbocycles. The van der Waals surface area contributed by atoms with Gasteiger partial charge in [0.25, 0.3) is 0 Å². The van der Waals surface area contributed by atoms with Crippen molar-refractivity contribution in [3.8, 4) is 0 Å². The molecule has 0 atom stereocenters. The maximum atomic E-state index is 11.9. The number of carbonyl (C=O) groups is 2. The minimum absolute atomic E-state index is 0.112. The third-order valence-electron chi connectivity index (χ3n) is 5.14. The van der Waals surface area contributed by atoms with E-state index in [-0.39, 0.29) is 17.9 Å². The molecule has 0 amide bonds. The Morgan fingerprint density at radius 2 is 0.964 bits per heavy atom. The smallest absolute Gasteiger partial charge is 0.305 e. The van der Waals surface area contributed by atoms with Gasteiger partial charge < -0.3 is 9.47 Å². The predicted octanol–water partition coefficient (Wildman–Crippen LogP) is 6.99. The van der Waals surface area contributed by atoms with Crippen molar-refractivity contribution in [3.63, 3.8) is 0 Å². The van der Waals surface area contributed by atoms with Crippen molar-refractivity contribution >= 4 is 11.9 Å². The third-order valence-corrected chi connectivity index (χ3v) is 5.14. The molecule has 0 aromatic heterocycles. The topological polar surface area (TPSA) is 52.6 Å². The van der Waals surface area contributed by atoms with Gasteiger partial charge in [-0.15, -0.1) is 0 Å². The van der Waals surface area contributed by atoms with Crippen molar-refractivity contribution in [1.82, 2.24) is 0 Å². The van der Waals surface area contributed by atoms with E-state index in [1.165, 1.54) is 38.5 Å². The van der Waals surface area contributed by atoms with E-state index < -0.39 is 0 Å². The molecule has 0 aliphatic heterocycles. The molecule has 0 spiro atoms. The standard InChI is InChI=1S/C24H46O4/c1-4-7-10-12-15-18-23(25)27-20-22(17-14-9-6-3)21-28-24(26)19-16-13-11-8-5-2/h22H,4-21H2,1-3H3. The van der Waals surface area contributed by atoms with E-state index in [4.69, 9.17) is 9.47 Å². The molecule has 0 heterocycles. The van der Waals surface area contributed by atoms with Crippen LogP contribution in [-0.2, 0) is 19.1 Å². The summed E-state index contributed by atoms with van der Waals surface area (Å²) in [4.78, 5) is 23.9. The van der Waals surface area contributed by atoms with Gasteiger partial charge in [0.15, 0.2) is 0 Å². The van der Waals surface area contributed by atoms with Crippen molar-refractivity contribution in [3.05, 3.63) is 0 Å². The van der Waals surface area contributed by atoms with Crippen LogP contribution in [0.4, 0.5) is 0 Å². The molecule has 0 unspecified atom stereocenters. The molecule has 4 heteroatoms. The Labute approximate surface area is 174 Å². The molecule has 0 aliphatic rings. The first-order valence-electron chi connectivity index (χ1n) is 11.9. The van der Waals surface area contributed by atoms with E-state index in [0.29, 0.717) is 26.1 Å². The van der Waals surface area contributed by atoms with Crippen LogP contribution in [0.1, 0.15) is 124 Å². The molecule has 28 heavy (non-hydrogen) atoms. The summed E-state index contributed by atoms with van der Waals surface area (Å²) in [6.45, 7) is 7.30. The van der Waals surface area contributed by atoms with Gasteiger partial charge in [-0.3, -0.25) is 9.59 Å². The maximum absolute atomic E-state index is 11.9. The third kappa shape index (κ3) is 18.3. The Hall–Kier alpha value is -1.06. The van der Waals surface area contributed by atoms with Gasteiger partial charge in [0.1, 0.15) is 0 Å². The molecule has 166 valence electrons. The fourth-order valence-corrected chi connectivity index (χ4v) is 3.21. The Morgan fingerprint density at radius 3 is 1.39 bits per heavy atom. The summed E-state index contributed by atoms with van der Waals surface area (Å²) in [6, 6.07) is 0. The van der Waals surface area contributed by atoms with Gasteiger partial charge in [-0.2, -0.15) is 0 Å². The highest BCUT2D eigenvalue weighted by atomic mass is 16.5. The summed E-state index contributed by atoms with van der Waals surface area (Å²) < 4.78 is 10.9. The second-order valence-electron chi connectivity index (χ2n) is 8.06. The first-order chi connectivity index (χ1) is 13.6. The molecular formula is C24H46O4. The second kappa shape index (κ2) is 20.7. The lowest BCUT2D eigenvalue weighted by atomic mass is 10.0. The fourth-order valence-electron chi connectivity index (χ4n) is 3.21. The van der Waals surface area contributed by atoms with Gasteiger partial charge in [0.2, 0.25) is 0 Å². The summed E-state index contributed by atoms with van der Waals surface area (Å²) in [5.41, 5.74) is 0. The van der Waals surface area contributed by atoms with Gasteiger partial charge in [-0.05, 0) is 19.3 Å². The van der Waals surface area contributed by atoms with Crippen molar-refractivity contribution < 1.29 is 19.1 Å². The molecule has 0 radical (unpaired) electrons. The molecule has 0 bridgehead atoms. The molecular weight excluding hydrogens is 352 g/mol. The van der Waals surface area contributed by atoms with Crippen molar-refractivity contribution in [2.24, 2.45) is 5.92 Å². The van der Waals surface area contributed by atoms with E-state index in [0.717, 1.165) is 51.4 Å². The predicted molar refractivity (Wildman–Crippen MR) is 116 cm³/mol. The van der Waals surface area contributed by atoms with Crippen LogP contribution in [0.3, 0.4) is 0 Å². The zero-order chi connectivity index (χ0) is 20.9. The highest BCUT2D eigenvalue weighted by Gasteiger charge is 2.15. The Balaban J connectivity index is 4.03. The van der Waals surface area contributed by atoms with Gasteiger partial charge in [0, 0.05) is 18.8 Å². The Kier molecular flexibility index (Phi) is 19.9. The molecule has 0 saturated heterocycles. The van der Waals surface area contributed by atoms with Crippen LogP contribution >= 0.6 is 0 Å². The number of esters is 2. The van der Waals surface area contributed by atoms with Crippen molar-refractivity contribution in [1.29, 1.82) is 0 Å². The van der Waals surface area contributed by atoms with Crippen LogP contribution in [0.5, 0.6) is 0 Å². The molecule has 0 aliphatic carbocycles. The summed E-state index contributed by atoms with van der Waals surface area (Å²) in [5.74, 6) is -0.0990. The zero-order valence-electron chi connectivity index (χ0n) is 18.9. The molecule has 0 aromatic carbocycles. The van der Waals surface area contributed by atoms with E-state index in [1.54, 1.807) is 0 Å². The van der Waals surface area contributed by atoms with Crippen molar-refractivity contribution in [2.45, 2.75) is 124 Å². The highest BCUT2D eigenvalue weighted by Crippen LogP contribution is 2.14. The molecule has 0 N–H and O–H groups in total. The lowest BCUT2D eigenvalue weighted by molar-refractivity contribution is -0.149. The average Bonchev–Trinajstić information content (AvgIpc) is 2.69. The van der Waals surface area contributed by atoms with E-state index >= 15 is 0 Å². The molecule has 0 aromatic rings. The van der Waals surface area contributed by atoms with E-state index in [2.05, 4.69) is 20.8 Å². The summed E-state index contributed by atoms with van der Waals surface area (Å²) in [6.07, 6.45) is 16.6. The lowest BCUT2D eigenvalue weighted by Gasteiger charge is -2.17. The molecule has 0 fully saturated rings. The van der Waals surface area contributed by atoms with Crippen LogP contribution < -0.4 is 0 Å². The number of unbranched alkanes of at least 4 members (excludes halogenated alkanes) is 10. The fraction of sp³-hybridized carbons (Fsp3) is 0.917. The van der Waals surface area contributed by atoms with Crippen LogP contribution in [0.2, 0.25) is 0 Å². The summed E-state index contributed by atoms with van der Waals surface area (Å²) in [5, 5.41) is 0. The number of ether oxygens (including phenoxy) is 2. The van der Waals surface area contributed by atoms with E-state index in [1.807, 2.05) is 0 Å². The number of rotatable bonds is 20. The average molecular weight is 399 g/mol. The van der Waals surface area contributed by atoms with Crippen LogP contribution in [-0.4, -0.2) is 25.2 Å². The summed E-state index contributed by atoms with van der Waals surface area (Å²) >= 11 is 0. The van der Waals surface area contributed by atoms with Crippen LogP contribution in [0, 0.1) is 5.92 Å². The minimum Gasteiger partial charge on any atom is -0.465 e. The van der Waals surface area contributed by atoms with Crippen molar-refractivity contribution in [2.75, 3.05) is 13.2 Å². The number of carbonyl (C=O) groups excluding carboxylic acids is 2. The Bertz CT molecular complexity index is 338. The monoisotopic (exact) mass is 398 g/mol. The van der Waals surface area contributed by atoms with Gasteiger partial charge in [-0.25, -0.2) is 0 Å². The summed E-state index contributed by atoms with van der Waals surface area (Å²) in [7, 11) is 0. The van der Waals surface area contributed by atoms with Gasteiger partial charge in [0.05, 0.1) is 13.2 Å². The molecule has 4 nitrogen and oxygen atoms in total. The number of hydrogen-bond acceptors (Lipinski definition) is 4. The Morgan fingerprint density at radius 1 is 0.571 bits per heavy atom. The number of hydrogen-bond donors (Lipinski definition) is 0. The highest BCUT2D eigenvalue weighted by molar-refractivity contribution is 5.69. The SMILES string of the molecule is CCCCCCCC(=O)OCC(CCCCC)COC(=O)CCCCCCC. The largest absolute Gasteiger partial charge is 0.465 e. The first-order valence-corrected chi connectivity index (χ1v) is 11.9. The van der Waals surface area contributed by atoms with Crippen LogP contribution in [0.25, 0.3) is 0 Å². The second-order valence-corrected chi connectivity index (χ2v) is 8.06. The van der Waals surface area contributed by atoms with E-state index in [9.17, 15) is 9.59 Å². The normalized spacial score (nSPS) is 11.0.